The Kier molecular flexibility index (Phi) is 12.2. The molecule has 0 aliphatic carbocycles. The van der Waals surface area contributed by atoms with Crippen LogP contribution in [0.25, 0.3) is 0 Å². The summed E-state index contributed by atoms with van der Waals surface area (Å²) >= 11 is 1.34. The van der Waals surface area contributed by atoms with E-state index in [-0.39, 0.29) is 12.5 Å². The third-order valence-electron chi connectivity index (χ3n) is 4.39. The molecule has 0 saturated carbocycles. The Morgan fingerprint density at radius 2 is 1.85 bits per heavy atom. The van der Waals surface area contributed by atoms with Crippen LogP contribution in [0.2, 0.25) is 0 Å². The van der Waals surface area contributed by atoms with Crippen LogP contribution in [0.15, 0.2) is 48.5 Å². The van der Waals surface area contributed by atoms with Crippen molar-refractivity contribution in [3.63, 3.8) is 0 Å². The van der Waals surface area contributed by atoms with Crippen molar-refractivity contribution in [2.45, 2.75) is 30.9 Å². The second-order valence-electron chi connectivity index (χ2n) is 6.65. The zero-order valence-corrected chi connectivity index (χ0v) is 19.3. The van der Waals surface area contributed by atoms with Crippen molar-refractivity contribution >= 4 is 30.3 Å². The number of hydrogen-bond donors (Lipinski definition) is 2. The fourth-order valence-electron chi connectivity index (χ4n) is 2.76. The predicted molar refractivity (Wildman–Crippen MR) is 123 cm³/mol. The molecule has 0 heterocycles. The normalized spacial score (nSPS) is 12.5. The lowest BCUT2D eigenvalue weighted by atomic mass is 10.1. The number of carbonyl (C=O) groups is 2. The van der Waals surface area contributed by atoms with Crippen LogP contribution >= 0.6 is 11.8 Å². The first-order valence-corrected chi connectivity index (χ1v) is 11.1. The highest BCUT2D eigenvalue weighted by atomic mass is 32.2. The van der Waals surface area contributed by atoms with Crippen LogP contribution in [0.1, 0.15) is 29.7 Å². The van der Waals surface area contributed by atoms with E-state index in [9.17, 15) is 22.8 Å². The molecule has 0 bridgehead atoms. The van der Waals surface area contributed by atoms with Gasteiger partial charge in [-0.1, -0.05) is 24.3 Å². The van der Waals surface area contributed by atoms with Crippen molar-refractivity contribution in [2.24, 2.45) is 0 Å². The Morgan fingerprint density at radius 1 is 1.21 bits per heavy atom. The molecule has 2 atom stereocenters. The maximum Gasteiger partial charge on any atom is 0.416 e. The summed E-state index contributed by atoms with van der Waals surface area (Å²) in [6, 6.07) is 12.0. The standard InChI is InChI=1S/C21H22F3NO4S.C2H5N/c1-28-18(15-4-3-5-16(11-15)21(22,23)24)12-29-17-8-6-14(7-9-17)10-19(30-2)20(27)25-13-26;1-2-3/h3-9,11,13,18-19H,10,12H2,1-2H3,(H,25,26,27);2-3H,1H3. The van der Waals surface area contributed by atoms with Gasteiger partial charge in [-0.25, -0.2) is 0 Å². The van der Waals surface area contributed by atoms with Gasteiger partial charge in [-0.2, -0.15) is 24.9 Å². The number of methoxy groups -OCH3 is 1. The highest BCUT2D eigenvalue weighted by Gasteiger charge is 2.31. The molecule has 2 amide bonds. The number of ether oxygens (including phenoxy) is 2. The van der Waals surface area contributed by atoms with Crippen molar-refractivity contribution in [1.82, 2.24) is 5.32 Å². The lowest BCUT2D eigenvalue weighted by molar-refractivity contribution is -0.137. The van der Waals surface area contributed by atoms with Crippen LogP contribution in [0, 0.1) is 5.41 Å². The van der Waals surface area contributed by atoms with Gasteiger partial charge in [-0.05, 0) is 61.2 Å². The topological polar surface area (TPSA) is 88.5 Å². The van der Waals surface area contributed by atoms with Gasteiger partial charge in [0.1, 0.15) is 18.5 Å². The monoisotopic (exact) mass is 484 g/mol. The van der Waals surface area contributed by atoms with E-state index >= 15 is 0 Å². The summed E-state index contributed by atoms with van der Waals surface area (Å²) in [5.41, 5.74) is 0.505. The molecule has 6 nitrogen and oxygen atoms in total. The lowest BCUT2D eigenvalue weighted by Crippen LogP contribution is -2.32. The number of hydrogen-bond acceptors (Lipinski definition) is 6. The van der Waals surface area contributed by atoms with Crippen LogP contribution in [0.3, 0.4) is 0 Å². The number of benzene rings is 2. The Bertz CT molecular complexity index is 892. The van der Waals surface area contributed by atoms with E-state index in [1.54, 1.807) is 43.5 Å². The fraction of sp³-hybridized carbons (Fsp3) is 0.348. The molecule has 33 heavy (non-hydrogen) atoms. The van der Waals surface area contributed by atoms with E-state index in [1.807, 2.05) is 0 Å². The summed E-state index contributed by atoms with van der Waals surface area (Å²) in [6.07, 6.45) is -1.27. The smallest absolute Gasteiger partial charge is 0.416 e. The molecule has 2 aromatic carbocycles. The summed E-state index contributed by atoms with van der Waals surface area (Å²) in [5, 5.41) is 7.83. The number of rotatable bonds is 10. The van der Waals surface area contributed by atoms with Crippen LogP contribution in [0.4, 0.5) is 13.2 Å². The number of carbonyl (C=O) groups excluding carboxylic acids is 2. The molecule has 2 unspecified atom stereocenters. The highest BCUT2D eigenvalue weighted by Crippen LogP contribution is 2.31. The van der Waals surface area contributed by atoms with Crippen molar-refractivity contribution < 1.29 is 32.2 Å². The highest BCUT2D eigenvalue weighted by molar-refractivity contribution is 7.99. The molecule has 0 aliphatic rings. The van der Waals surface area contributed by atoms with Gasteiger partial charge in [-0.15, -0.1) is 0 Å². The molecule has 0 aliphatic heterocycles. The van der Waals surface area contributed by atoms with Crippen LogP contribution in [0.5, 0.6) is 5.75 Å². The molecular weight excluding hydrogens is 457 g/mol. The average molecular weight is 485 g/mol. The molecule has 0 aromatic heterocycles. The molecule has 0 radical (unpaired) electrons. The predicted octanol–water partition coefficient (Wildman–Crippen LogP) is 4.67. The number of halogens is 3. The van der Waals surface area contributed by atoms with Gasteiger partial charge in [0.2, 0.25) is 12.3 Å². The Balaban J connectivity index is 0.00000172. The Labute approximate surface area is 195 Å². The molecule has 10 heteroatoms. The molecular formula is C23H27F3N2O4S. The van der Waals surface area contributed by atoms with Crippen LogP contribution < -0.4 is 10.1 Å². The van der Waals surface area contributed by atoms with Crippen molar-refractivity contribution in [3.05, 3.63) is 65.2 Å². The number of amides is 2. The first-order valence-electron chi connectivity index (χ1n) is 9.83. The Morgan fingerprint density at radius 3 is 2.36 bits per heavy atom. The van der Waals surface area contributed by atoms with E-state index in [4.69, 9.17) is 14.9 Å². The van der Waals surface area contributed by atoms with Gasteiger partial charge < -0.3 is 14.9 Å². The number of imide groups is 1. The number of nitrogens with one attached hydrogen (secondary N) is 2. The molecule has 0 saturated heterocycles. The minimum atomic E-state index is -4.43. The van der Waals surface area contributed by atoms with E-state index < -0.39 is 23.1 Å². The molecule has 2 aromatic rings. The second kappa shape index (κ2) is 14.3. The van der Waals surface area contributed by atoms with Gasteiger partial charge >= 0.3 is 6.18 Å². The quantitative estimate of drug-likeness (QED) is 0.378. The van der Waals surface area contributed by atoms with Gasteiger partial charge in [0, 0.05) is 7.11 Å². The SMILES string of the molecule is CC=N.COC(COc1ccc(CC(SC)C(=O)NC=O)cc1)c1cccc(C(F)(F)F)c1. The lowest BCUT2D eigenvalue weighted by Gasteiger charge is -2.18. The van der Waals surface area contributed by atoms with Gasteiger partial charge in [0.15, 0.2) is 0 Å². The van der Waals surface area contributed by atoms with E-state index in [0.29, 0.717) is 24.1 Å². The number of alkyl halides is 3. The van der Waals surface area contributed by atoms with E-state index in [1.165, 1.54) is 31.2 Å². The van der Waals surface area contributed by atoms with Gasteiger partial charge in [0.25, 0.3) is 0 Å². The van der Waals surface area contributed by atoms with Crippen LogP contribution in [-0.2, 0) is 26.9 Å². The minimum absolute atomic E-state index is 0.0341. The largest absolute Gasteiger partial charge is 0.491 e. The van der Waals surface area contributed by atoms with Crippen molar-refractivity contribution in [2.75, 3.05) is 20.0 Å². The minimum Gasteiger partial charge on any atom is -0.491 e. The number of thioether (sulfide) groups is 1. The maximum atomic E-state index is 12.9. The fourth-order valence-corrected chi connectivity index (χ4v) is 3.40. The van der Waals surface area contributed by atoms with Gasteiger partial charge in [0.05, 0.1) is 10.8 Å². The molecule has 2 rings (SSSR count). The van der Waals surface area contributed by atoms with Crippen molar-refractivity contribution in [1.29, 1.82) is 5.41 Å². The third-order valence-corrected chi connectivity index (χ3v) is 5.34. The zero-order chi connectivity index (χ0) is 24.9. The second-order valence-corrected chi connectivity index (χ2v) is 7.69. The summed E-state index contributed by atoms with van der Waals surface area (Å²) in [7, 11) is 1.41. The maximum absolute atomic E-state index is 12.9. The summed E-state index contributed by atoms with van der Waals surface area (Å²) in [5.74, 6) is 0.160. The van der Waals surface area contributed by atoms with Crippen molar-refractivity contribution in [3.8, 4) is 5.75 Å². The molecule has 0 spiro atoms. The third kappa shape index (κ3) is 9.67. The first kappa shape index (κ1) is 28.2. The van der Waals surface area contributed by atoms with E-state index in [2.05, 4.69) is 5.32 Å². The van der Waals surface area contributed by atoms with Crippen LogP contribution in [-0.4, -0.2) is 43.8 Å². The average Bonchev–Trinajstić information content (AvgIpc) is 2.79. The zero-order valence-electron chi connectivity index (χ0n) is 18.5. The summed E-state index contributed by atoms with van der Waals surface area (Å²) in [4.78, 5) is 22.2. The molecule has 2 N–H and O–H groups in total. The summed E-state index contributed by atoms with van der Waals surface area (Å²) in [6.45, 7) is 1.70. The first-order chi connectivity index (χ1) is 15.7. The molecule has 180 valence electrons. The van der Waals surface area contributed by atoms with E-state index in [0.717, 1.165) is 17.7 Å². The molecule has 0 fully saturated rings. The summed E-state index contributed by atoms with van der Waals surface area (Å²) < 4.78 is 49.7. The van der Waals surface area contributed by atoms with Gasteiger partial charge in [-0.3, -0.25) is 14.9 Å². The Hall–Kier alpha value is -2.85.